The first kappa shape index (κ1) is 22.5. The van der Waals surface area contributed by atoms with Crippen molar-refractivity contribution >= 4 is 17.3 Å². The lowest BCUT2D eigenvalue weighted by atomic mass is 9.62. The fourth-order valence-electron chi connectivity index (χ4n) is 5.48. The van der Waals surface area contributed by atoms with Gasteiger partial charge in [0.2, 0.25) is 0 Å². The average molecular weight is 441 g/mol. The van der Waals surface area contributed by atoms with Crippen LogP contribution in [0.15, 0.2) is 12.1 Å². The van der Waals surface area contributed by atoms with Crippen molar-refractivity contribution in [3.8, 4) is 10.4 Å². The average Bonchev–Trinajstić information content (AvgIpc) is 3.03. The molecule has 168 valence electrons. The minimum Gasteiger partial charge on any atom is -0.478 e. The molecule has 0 bridgehead atoms. The van der Waals surface area contributed by atoms with Crippen molar-refractivity contribution in [1.82, 2.24) is 0 Å². The van der Waals surface area contributed by atoms with E-state index in [0.29, 0.717) is 12.2 Å². The summed E-state index contributed by atoms with van der Waals surface area (Å²) in [6, 6.07) is 4.61. The second-order valence-electron chi connectivity index (χ2n) is 11.6. The van der Waals surface area contributed by atoms with Gasteiger partial charge in [-0.1, -0.05) is 47.6 Å². The topological polar surface area (TPSA) is 46.5 Å². The quantitative estimate of drug-likeness (QED) is 0.550. The summed E-state index contributed by atoms with van der Waals surface area (Å²) in [6.45, 7) is 14.3. The maximum Gasteiger partial charge on any atom is 0.337 e. The molecule has 0 fully saturated rings. The van der Waals surface area contributed by atoms with Crippen LogP contribution >= 0.6 is 11.3 Å². The zero-order chi connectivity index (χ0) is 22.8. The summed E-state index contributed by atoms with van der Waals surface area (Å²) < 4.78 is 5.59. The molecule has 1 heterocycles. The van der Waals surface area contributed by atoms with Crippen molar-refractivity contribution in [2.75, 3.05) is 7.11 Å². The van der Waals surface area contributed by atoms with Crippen LogP contribution in [0.3, 0.4) is 0 Å². The number of carbonyl (C=O) groups is 1. The van der Waals surface area contributed by atoms with E-state index >= 15 is 0 Å². The molecule has 2 aliphatic rings. The Balaban J connectivity index is 1.99. The molecule has 0 atom stereocenters. The fraction of sp³-hybridized carbons (Fsp3) is 0.593. The van der Waals surface area contributed by atoms with Gasteiger partial charge in [-0.3, -0.25) is 0 Å². The Labute approximate surface area is 190 Å². The highest BCUT2D eigenvalue weighted by atomic mass is 32.1. The molecular weight excluding hydrogens is 404 g/mol. The number of benzene rings is 1. The summed E-state index contributed by atoms with van der Waals surface area (Å²) in [4.78, 5) is 14.7. The van der Waals surface area contributed by atoms with Crippen LogP contribution in [-0.4, -0.2) is 18.2 Å². The van der Waals surface area contributed by atoms with E-state index in [4.69, 9.17) is 4.74 Å². The van der Waals surface area contributed by atoms with Crippen molar-refractivity contribution in [2.24, 2.45) is 5.41 Å². The molecule has 0 amide bonds. The molecule has 0 spiro atoms. The molecule has 1 N–H and O–H groups in total. The van der Waals surface area contributed by atoms with E-state index in [2.05, 4.69) is 53.7 Å². The van der Waals surface area contributed by atoms with Crippen LogP contribution in [0, 0.1) is 5.41 Å². The number of methoxy groups -OCH3 is 1. The zero-order valence-electron chi connectivity index (χ0n) is 20.1. The van der Waals surface area contributed by atoms with Gasteiger partial charge in [0.1, 0.15) is 0 Å². The number of ether oxygens (including phenoxy) is 1. The van der Waals surface area contributed by atoms with E-state index in [9.17, 15) is 9.90 Å². The lowest BCUT2D eigenvalue weighted by Crippen LogP contribution is -2.34. The summed E-state index contributed by atoms with van der Waals surface area (Å²) in [7, 11) is 1.72. The lowest BCUT2D eigenvalue weighted by Gasteiger charge is -2.42. The van der Waals surface area contributed by atoms with Crippen molar-refractivity contribution < 1.29 is 14.6 Å². The van der Waals surface area contributed by atoms with Gasteiger partial charge >= 0.3 is 5.97 Å². The highest BCUT2D eigenvalue weighted by molar-refractivity contribution is 7.16. The van der Waals surface area contributed by atoms with Crippen LogP contribution in [0.5, 0.6) is 0 Å². The number of thiophene rings is 1. The Morgan fingerprint density at radius 2 is 1.65 bits per heavy atom. The summed E-state index contributed by atoms with van der Waals surface area (Å²) in [5.41, 5.74) is 6.83. The molecule has 0 saturated heterocycles. The number of aryl methyl sites for hydroxylation is 1. The van der Waals surface area contributed by atoms with Gasteiger partial charge in [-0.15, -0.1) is 11.3 Å². The van der Waals surface area contributed by atoms with Crippen LogP contribution in [0.4, 0.5) is 0 Å². The molecule has 0 radical (unpaired) electrons. The standard InChI is InChI=1S/C27H36O3S/c1-25(2)9-8-21-18(14-25)22(24(28)29)23(31-21)17-13-20-19(12-16(17)15-30-7)26(3,4)10-11-27(20,5)6/h12-13H,8-11,14-15H2,1-7H3,(H,28,29). The van der Waals surface area contributed by atoms with Gasteiger partial charge in [-0.2, -0.15) is 0 Å². The summed E-state index contributed by atoms with van der Waals surface area (Å²) >= 11 is 1.70. The monoisotopic (exact) mass is 440 g/mol. The van der Waals surface area contributed by atoms with Gasteiger partial charge in [0.15, 0.2) is 0 Å². The van der Waals surface area contributed by atoms with E-state index in [-0.39, 0.29) is 16.2 Å². The van der Waals surface area contributed by atoms with Gasteiger partial charge in [-0.25, -0.2) is 4.79 Å². The third kappa shape index (κ3) is 3.87. The van der Waals surface area contributed by atoms with Gasteiger partial charge in [0.05, 0.1) is 12.2 Å². The molecule has 4 rings (SSSR count). The maximum atomic E-state index is 12.5. The molecule has 31 heavy (non-hydrogen) atoms. The molecule has 1 aromatic heterocycles. The first-order valence-corrected chi connectivity index (χ1v) is 12.2. The summed E-state index contributed by atoms with van der Waals surface area (Å²) in [6.07, 6.45) is 5.20. The SMILES string of the molecule is COCc1cc2c(cc1-c1sc3c(c1C(=O)O)CC(C)(C)CC3)C(C)(C)CCC2(C)C. The van der Waals surface area contributed by atoms with E-state index in [1.165, 1.54) is 16.0 Å². The predicted octanol–water partition coefficient (Wildman–Crippen LogP) is 7.12. The molecule has 2 aliphatic carbocycles. The number of hydrogen-bond acceptors (Lipinski definition) is 3. The smallest absolute Gasteiger partial charge is 0.337 e. The molecule has 0 aliphatic heterocycles. The molecule has 3 nitrogen and oxygen atoms in total. The van der Waals surface area contributed by atoms with Gasteiger partial charge < -0.3 is 9.84 Å². The largest absolute Gasteiger partial charge is 0.478 e. The number of fused-ring (bicyclic) bond motifs is 2. The zero-order valence-corrected chi connectivity index (χ0v) is 20.9. The van der Waals surface area contributed by atoms with E-state index in [0.717, 1.165) is 53.7 Å². The Morgan fingerprint density at radius 1 is 1.03 bits per heavy atom. The highest BCUT2D eigenvalue weighted by Crippen LogP contribution is 2.50. The van der Waals surface area contributed by atoms with Crippen LogP contribution < -0.4 is 0 Å². The Bertz CT molecular complexity index is 1040. The minimum atomic E-state index is -0.800. The number of hydrogen-bond donors (Lipinski definition) is 1. The van der Waals surface area contributed by atoms with E-state index < -0.39 is 5.97 Å². The van der Waals surface area contributed by atoms with Crippen molar-refractivity contribution in [1.29, 1.82) is 0 Å². The van der Waals surface area contributed by atoms with Gasteiger partial charge in [-0.05, 0) is 82.2 Å². The first-order chi connectivity index (χ1) is 14.4. The Kier molecular flexibility index (Phi) is 5.42. The normalized spacial score (nSPS) is 20.7. The molecule has 4 heteroatoms. The van der Waals surface area contributed by atoms with Gasteiger partial charge in [0, 0.05) is 16.9 Å². The summed E-state index contributed by atoms with van der Waals surface area (Å²) in [5.74, 6) is -0.800. The van der Waals surface area contributed by atoms with E-state index in [1.54, 1.807) is 18.4 Å². The number of rotatable bonds is 4. The van der Waals surface area contributed by atoms with E-state index in [1.807, 2.05) is 0 Å². The number of aromatic carboxylic acids is 1. The molecular formula is C27H36O3S. The van der Waals surface area contributed by atoms with Gasteiger partial charge in [0.25, 0.3) is 0 Å². The van der Waals surface area contributed by atoms with Crippen LogP contribution in [0.1, 0.15) is 98.3 Å². The number of carboxylic acid groups (broad SMARTS) is 1. The van der Waals surface area contributed by atoms with Crippen LogP contribution in [-0.2, 0) is 35.0 Å². The molecule has 2 aromatic rings. The minimum absolute atomic E-state index is 0.0768. The fourth-order valence-corrected chi connectivity index (χ4v) is 6.84. The van der Waals surface area contributed by atoms with Crippen LogP contribution in [0.25, 0.3) is 10.4 Å². The number of carboxylic acids is 1. The third-order valence-corrected chi connectivity index (χ3v) is 8.93. The second kappa shape index (κ2) is 7.45. The maximum absolute atomic E-state index is 12.5. The summed E-state index contributed by atoms with van der Waals surface area (Å²) in [5, 5.41) is 10.3. The second-order valence-corrected chi connectivity index (χ2v) is 12.7. The first-order valence-electron chi connectivity index (χ1n) is 11.4. The Morgan fingerprint density at radius 3 is 2.23 bits per heavy atom. The molecule has 1 aromatic carbocycles. The van der Waals surface area contributed by atoms with Crippen molar-refractivity contribution in [3.05, 3.63) is 44.8 Å². The highest BCUT2D eigenvalue weighted by Gasteiger charge is 2.39. The lowest BCUT2D eigenvalue weighted by molar-refractivity contribution is 0.0696. The molecule has 0 unspecified atom stereocenters. The van der Waals surface area contributed by atoms with Crippen LogP contribution in [0.2, 0.25) is 0 Å². The Hall–Kier alpha value is -1.65. The molecule has 0 saturated carbocycles. The van der Waals surface area contributed by atoms with Crippen molar-refractivity contribution in [3.63, 3.8) is 0 Å². The third-order valence-electron chi connectivity index (χ3n) is 7.61. The predicted molar refractivity (Wildman–Crippen MR) is 129 cm³/mol. The van der Waals surface area contributed by atoms with Crippen molar-refractivity contribution in [2.45, 2.75) is 91.1 Å².